The maximum atomic E-state index is 13.7. The molecule has 6 heteroatoms. The van der Waals surface area contributed by atoms with Gasteiger partial charge in [-0.2, -0.15) is 0 Å². The fraction of sp³-hybridized carbons (Fsp3) is 0.320. The molecule has 0 radical (unpaired) electrons. The second kappa shape index (κ2) is 7.38. The second-order valence-corrected chi connectivity index (χ2v) is 8.47. The van der Waals surface area contributed by atoms with Gasteiger partial charge in [-0.3, -0.25) is 19.3 Å². The van der Waals surface area contributed by atoms with Gasteiger partial charge in [-0.05, 0) is 70.5 Å². The first-order chi connectivity index (χ1) is 14.7. The van der Waals surface area contributed by atoms with Crippen molar-refractivity contribution >= 4 is 29.0 Å². The molecule has 0 aliphatic carbocycles. The normalized spacial score (nSPS) is 17.8. The molecule has 1 atom stereocenters. The first kappa shape index (κ1) is 20.8. The van der Waals surface area contributed by atoms with Crippen molar-refractivity contribution in [1.82, 2.24) is 4.90 Å². The smallest absolute Gasteiger partial charge is 0.262 e. The quantitative estimate of drug-likeness (QED) is 0.695. The number of anilines is 1. The molecule has 2 aromatic rings. The number of carbonyl (C=O) groups excluding carboxylic acids is 3. The van der Waals surface area contributed by atoms with Crippen molar-refractivity contribution in [2.75, 3.05) is 11.5 Å². The molecule has 0 saturated heterocycles. The van der Waals surface area contributed by atoms with Gasteiger partial charge in [0.15, 0.2) is 0 Å². The first-order valence-electron chi connectivity index (χ1n) is 10.4. The number of fused-ring (bicyclic) bond motifs is 2. The number of carbonyl (C=O) groups is 3. The highest BCUT2D eigenvalue weighted by Crippen LogP contribution is 2.41. The van der Waals surface area contributed by atoms with E-state index in [9.17, 15) is 14.4 Å². The zero-order valence-electron chi connectivity index (χ0n) is 18.4. The van der Waals surface area contributed by atoms with Crippen LogP contribution in [0.4, 0.5) is 5.69 Å². The number of amides is 3. The van der Waals surface area contributed by atoms with Crippen LogP contribution >= 0.6 is 0 Å². The number of nitrogens with zero attached hydrogens (tertiary/aromatic N) is 2. The van der Waals surface area contributed by atoms with Gasteiger partial charge in [0.05, 0.1) is 29.0 Å². The standard InChI is InChI=1S/C25H26N2O4/c1-6-31-17-11-12-21-20(13-17)15(2)14-25(4,5)27(21)22(28)16(3)26-23(29)18-9-7-8-10-19(18)24(26)30/h7-14,16H,6H2,1-5H3/t16-/m0/s1. The van der Waals surface area contributed by atoms with Crippen LogP contribution in [0.5, 0.6) is 5.75 Å². The Hall–Kier alpha value is -3.41. The molecule has 0 unspecified atom stereocenters. The van der Waals surface area contributed by atoms with E-state index in [4.69, 9.17) is 4.74 Å². The molecule has 0 fully saturated rings. The van der Waals surface area contributed by atoms with Crippen molar-refractivity contribution in [2.45, 2.75) is 46.2 Å². The van der Waals surface area contributed by atoms with Gasteiger partial charge < -0.3 is 9.64 Å². The van der Waals surface area contributed by atoms with Gasteiger partial charge in [0.25, 0.3) is 17.7 Å². The Morgan fingerprint density at radius 2 is 1.65 bits per heavy atom. The summed E-state index contributed by atoms with van der Waals surface area (Å²) in [6.45, 7) is 9.98. The summed E-state index contributed by atoms with van der Waals surface area (Å²) in [5.74, 6) is -0.451. The Kier molecular flexibility index (Phi) is 4.96. The van der Waals surface area contributed by atoms with E-state index in [0.29, 0.717) is 17.7 Å². The lowest BCUT2D eigenvalue weighted by molar-refractivity contribution is -0.122. The summed E-state index contributed by atoms with van der Waals surface area (Å²) in [6, 6.07) is 11.4. The molecule has 0 aromatic heterocycles. The van der Waals surface area contributed by atoms with Gasteiger partial charge >= 0.3 is 0 Å². The molecule has 0 saturated carbocycles. The summed E-state index contributed by atoms with van der Waals surface area (Å²) < 4.78 is 5.63. The van der Waals surface area contributed by atoms with Crippen molar-refractivity contribution in [3.05, 3.63) is 65.2 Å². The topological polar surface area (TPSA) is 66.9 Å². The van der Waals surface area contributed by atoms with Crippen LogP contribution in [0.1, 0.15) is 60.9 Å². The van der Waals surface area contributed by atoms with Crippen molar-refractivity contribution in [2.24, 2.45) is 0 Å². The summed E-state index contributed by atoms with van der Waals surface area (Å²) in [6.07, 6.45) is 2.03. The maximum Gasteiger partial charge on any atom is 0.262 e. The largest absolute Gasteiger partial charge is 0.494 e. The van der Waals surface area contributed by atoms with Crippen LogP contribution in [-0.2, 0) is 4.79 Å². The zero-order chi connectivity index (χ0) is 22.5. The van der Waals surface area contributed by atoms with Gasteiger partial charge in [0.1, 0.15) is 11.8 Å². The van der Waals surface area contributed by atoms with E-state index >= 15 is 0 Å². The van der Waals surface area contributed by atoms with Gasteiger partial charge in [0.2, 0.25) is 0 Å². The lowest BCUT2D eigenvalue weighted by Crippen LogP contribution is -2.56. The van der Waals surface area contributed by atoms with E-state index in [0.717, 1.165) is 27.5 Å². The average molecular weight is 418 g/mol. The van der Waals surface area contributed by atoms with E-state index < -0.39 is 23.4 Å². The molecule has 0 bridgehead atoms. The molecule has 2 aliphatic rings. The third-order valence-corrected chi connectivity index (χ3v) is 5.88. The molecular formula is C25H26N2O4. The molecule has 0 N–H and O–H groups in total. The summed E-state index contributed by atoms with van der Waals surface area (Å²) in [5.41, 5.74) is 2.72. The van der Waals surface area contributed by atoms with Crippen molar-refractivity contribution in [3.8, 4) is 5.75 Å². The number of hydrogen-bond donors (Lipinski definition) is 0. The van der Waals surface area contributed by atoms with Crippen molar-refractivity contribution in [1.29, 1.82) is 0 Å². The van der Waals surface area contributed by atoms with Crippen LogP contribution in [0.3, 0.4) is 0 Å². The molecule has 2 aromatic carbocycles. The van der Waals surface area contributed by atoms with Crippen LogP contribution in [0.25, 0.3) is 5.57 Å². The van der Waals surface area contributed by atoms with E-state index in [2.05, 4.69) is 0 Å². The fourth-order valence-corrected chi connectivity index (χ4v) is 4.52. The van der Waals surface area contributed by atoms with E-state index in [1.165, 1.54) is 0 Å². The number of ether oxygens (including phenoxy) is 1. The van der Waals surface area contributed by atoms with Gasteiger partial charge in [0, 0.05) is 5.56 Å². The highest BCUT2D eigenvalue weighted by Gasteiger charge is 2.45. The van der Waals surface area contributed by atoms with Crippen LogP contribution < -0.4 is 9.64 Å². The molecule has 31 heavy (non-hydrogen) atoms. The van der Waals surface area contributed by atoms with Crippen LogP contribution in [-0.4, -0.2) is 40.8 Å². The summed E-state index contributed by atoms with van der Waals surface area (Å²) >= 11 is 0. The zero-order valence-corrected chi connectivity index (χ0v) is 18.4. The molecule has 6 nitrogen and oxygen atoms in total. The lowest BCUT2D eigenvalue weighted by Gasteiger charge is -2.43. The third kappa shape index (κ3) is 3.23. The van der Waals surface area contributed by atoms with E-state index in [-0.39, 0.29) is 5.91 Å². The molecule has 160 valence electrons. The van der Waals surface area contributed by atoms with Gasteiger partial charge in [-0.25, -0.2) is 0 Å². The highest BCUT2D eigenvalue weighted by molar-refractivity contribution is 6.23. The predicted molar refractivity (Wildman–Crippen MR) is 119 cm³/mol. The lowest BCUT2D eigenvalue weighted by atomic mass is 9.88. The average Bonchev–Trinajstić information content (AvgIpc) is 2.98. The minimum Gasteiger partial charge on any atom is -0.494 e. The Balaban J connectivity index is 1.73. The maximum absolute atomic E-state index is 13.7. The van der Waals surface area contributed by atoms with Crippen LogP contribution in [0, 0.1) is 0 Å². The molecule has 3 amide bonds. The Morgan fingerprint density at radius 3 is 2.23 bits per heavy atom. The minimum absolute atomic E-state index is 0.311. The Morgan fingerprint density at radius 1 is 1.03 bits per heavy atom. The number of benzene rings is 2. The first-order valence-corrected chi connectivity index (χ1v) is 10.4. The van der Waals surface area contributed by atoms with Crippen molar-refractivity contribution < 1.29 is 19.1 Å². The minimum atomic E-state index is -0.946. The summed E-state index contributed by atoms with van der Waals surface area (Å²) in [4.78, 5) is 42.3. The summed E-state index contributed by atoms with van der Waals surface area (Å²) in [5, 5.41) is 0. The van der Waals surface area contributed by atoms with Gasteiger partial charge in [-0.1, -0.05) is 18.2 Å². The van der Waals surface area contributed by atoms with Crippen molar-refractivity contribution in [3.63, 3.8) is 0 Å². The van der Waals surface area contributed by atoms with Gasteiger partial charge in [-0.15, -0.1) is 0 Å². The Labute approximate surface area is 182 Å². The molecule has 0 spiro atoms. The number of imide groups is 1. The molecule has 4 rings (SSSR count). The summed E-state index contributed by atoms with van der Waals surface area (Å²) in [7, 11) is 0. The monoisotopic (exact) mass is 418 g/mol. The SMILES string of the molecule is CCOc1ccc2c(c1)C(C)=CC(C)(C)N2C(=O)[C@H](C)N1C(=O)c2ccccc2C1=O. The number of hydrogen-bond acceptors (Lipinski definition) is 4. The van der Waals surface area contributed by atoms with Crippen LogP contribution in [0.2, 0.25) is 0 Å². The van der Waals surface area contributed by atoms with E-state index in [1.807, 2.05) is 52.0 Å². The number of rotatable bonds is 4. The van der Waals surface area contributed by atoms with E-state index in [1.54, 1.807) is 36.1 Å². The predicted octanol–water partition coefficient (Wildman–Crippen LogP) is 4.30. The van der Waals surface area contributed by atoms with Crippen LogP contribution in [0.15, 0.2) is 48.5 Å². The molecular weight excluding hydrogens is 392 g/mol. The number of allylic oxidation sites excluding steroid dienone is 1. The Bertz CT molecular complexity index is 1100. The third-order valence-electron chi connectivity index (χ3n) is 5.88. The fourth-order valence-electron chi connectivity index (χ4n) is 4.52. The second-order valence-electron chi connectivity index (χ2n) is 8.47. The highest BCUT2D eigenvalue weighted by atomic mass is 16.5. The molecule has 2 aliphatic heterocycles. The molecule has 2 heterocycles.